The molecule has 11 heteroatoms. The molecule has 162 valence electrons. The fourth-order valence-corrected chi connectivity index (χ4v) is 3.04. The topological polar surface area (TPSA) is 118 Å². The van der Waals surface area contributed by atoms with E-state index in [0.717, 1.165) is 6.07 Å². The van der Waals surface area contributed by atoms with Crippen molar-refractivity contribution in [3.8, 4) is 16.9 Å². The number of carbonyl (C=O) groups excluding carboxylic acids is 1. The Bertz CT molecular complexity index is 975. The molecule has 0 saturated carbocycles. The molecule has 1 saturated heterocycles. The summed E-state index contributed by atoms with van der Waals surface area (Å²) in [5.41, 5.74) is 1.76. The van der Waals surface area contributed by atoms with Crippen LogP contribution in [0.1, 0.15) is 16.1 Å². The number of pyridine rings is 1. The number of ether oxygens (including phenoxy) is 2. The standard InChI is InChI=1S/C19H20F3N3O5/c1-25-11(7-29-9-15(25)26)8-30-12-4-2-10(3-5-12)13-6-14(17(23)27)18(28)24-16(13)19(20,21)22/h2-6,11,15,26H,7-9H2,1H3,(H2,23,27)(H,24,28)/t11-,15+/m1/s1. The number of morpholine rings is 1. The maximum atomic E-state index is 13.4. The van der Waals surface area contributed by atoms with Crippen LogP contribution < -0.4 is 16.0 Å². The van der Waals surface area contributed by atoms with Gasteiger partial charge in [-0.15, -0.1) is 0 Å². The van der Waals surface area contributed by atoms with Crippen molar-refractivity contribution in [3.63, 3.8) is 0 Å². The van der Waals surface area contributed by atoms with E-state index in [4.69, 9.17) is 15.2 Å². The van der Waals surface area contributed by atoms with E-state index in [2.05, 4.69) is 0 Å². The lowest BCUT2D eigenvalue weighted by atomic mass is 10.0. The number of H-pyrrole nitrogens is 1. The van der Waals surface area contributed by atoms with Gasteiger partial charge in [-0.25, -0.2) is 0 Å². The summed E-state index contributed by atoms with van der Waals surface area (Å²) in [6, 6.07) is 6.31. The van der Waals surface area contributed by atoms with Gasteiger partial charge in [0.2, 0.25) is 0 Å². The molecule has 3 rings (SSSR count). The summed E-state index contributed by atoms with van der Waals surface area (Å²) in [4.78, 5) is 26.5. The third-order valence-corrected chi connectivity index (χ3v) is 4.82. The Hall–Kier alpha value is -2.89. The molecule has 0 radical (unpaired) electrons. The van der Waals surface area contributed by atoms with Gasteiger partial charge in [-0.2, -0.15) is 13.2 Å². The number of benzene rings is 1. The summed E-state index contributed by atoms with van der Waals surface area (Å²) in [6.45, 7) is 0.773. The molecule has 1 aromatic heterocycles. The average molecular weight is 427 g/mol. The Morgan fingerprint density at radius 3 is 2.60 bits per heavy atom. The molecule has 1 fully saturated rings. The summed E-state index contributed by atoms with van der Waals surface area (Å²) in [6.07, 6.45) is -5.58. The van der Waals surface area contributed by atoms with Crippen LogP contribution in [0.2, 0.25) is 0 Å². The minimum Gasteiger partial charge on any atom is -0.492 e. The molecule has 8 nitrogen and oxygen atoms in total. The predicted molar refractivity (Wildman–Crippen MR) is 99.9 cm³/mol. The van der Waals surface area contributed by atoms with Gasteiger partial charge >= 0.3 is 6.18 Å². The van der Waals surface area contributed by atoms with Crippen molar-refractivity contribution in [2.75, 3.05) is 26.9 Å². The molecule has 0 spiro atoms. The Kier molecular flexibility index (Phi) is 6.15. The minimum atomic E-state index is -4.84. The van der Waals surface area contributed by atoms with Crippen LogP contribution in [-0.2, 0) is 10.9 Å². The lowest BCUT2D eigenvalue weighted by Crippen LogP contribution is -2.52. The van der Waals surface area contributed by atoms with E-state index >= 15 is 0 Å². The molecule has 0 aliphatic carbocycles. The number of alkyl halides is 3. The fraction of sp³-hybridized carbons (Fsp3) is 0.368. The number of aromatic nitrogens is 1. The molecule has 30 heavy (non-hydrogen) atoms. The number of rotatable bonds is 5. The van der Waals surface area contributed by atoms with Gasteiger partial charge in [0.15, 0.2) is 0 Å². The van der Waals surface area contributed by atoms with Gasteiger partial charge in [-0.05, 0) is 30.8 Å². The van der Waals surface area contributed by atoms with Crippen LogP contribution in [-0.4, -0.2) is 60.0 Å². The zero-order valence-electron chi connectivity index (χ0n) is 15.9. The van der Waals surface area contributed by atoms with Gasteiger partial charge in [-0.3, -0.25) is 14.5 Å². The van der Waals surface area contributed by atoms with E-state index in [1.165, 1.54) is 24.3 Å². The number of nitrogens with zero attached hydrogens (tertiary/aromatic N) is 1. The molecule has 1 aliphatic heterocycles. The third-order valence-electron chi connectivity index (χ3n) is 4.82. The lowest BCUT2D eigenvalue weighted by Gasteiger charge is -2.36. The number of nitrogens with one attached hydrogen (secondary N) is 1. The van der Waals surface area contributed by atoms with Crippen LogP contribution in [0.25, 0.3) is 11.1 Å². The van der Waals surface area contributed by atoms with Crippen LogP contribution in [0.5, 0.6) is 5.75 Å². The monoisotopic (exact) mass is 427 g/mol. The number of hydrogen-bond acceptors (Lipinski definition) is 6. The number of halogens is 3. The number of primary amides is 1. The first-order chi connectivity index (χ1) is 14.1. The second-order valence-electron chi connectivity index (χ2n) is 6.84. The molecule has 0 bridgehead atoms. The Morgan fingerprint density at radius 2 is 2.00 bits per heavy atom. The number of aliphatic hydroxyl groups is 1. The van der Waals surface area contributed by atoms with Gasteiger partial charge in [0.1, 0.15) is 29.8 Å². The van der Waals surface area contributed by atoms with Crippen LogP contribution >= 0.6 is 0 Å². The van der Waals surface area contributed by atoms with Crippen molar-refractivity contribution in [2.45, 2.75) is 18.4 Å². The Labute approximate surface area is 169 Å². The number of aromatic amines is 1. The van der Waals surface area contributed by atoms with E-state index in [1.54, 1.807) is 16.9 Å². The van der Waals surface area contributed by atoms with Crippen molar-refractivity contribution in [3.05, 3.63) is 51.9 Å². The number of hydrogen-bond donors (Lipinski definition) is 3. The maximum absolute atomic E-state index is 13.4. The summed E-state index contributed by atoms with van der Waals surface area (Å²) >= 11 is 0. The van der Waals surface area contributed by atoms with Crippen molar-refractivity contribution in [1.82, 2.24) is 9.88 Å². The highest BCUT2D eigenvalue weighted by molar-refractivity contribution is 5.93. The fourth-order valence-electron chi connectivity index (χ4n) is 3.04. The highest BCUT2D eigenvalue weighted by Gasteiger charge is 2.36. The van der Waals surface area contributed by atoms with Gasteiger partial charge in [0.05, 0.1) is 19.3 Å². The smallest absolute Gasteiger partial charge is 0.431 e. The molecule has 2 aromatic rings. The Morgan fingerprint density at radius 1 is 1.33 bits per heavy atom. The number of carbonyl (C=O) groups is 1. The zero-order valence-corrected chi connectivity index (χ0v) is 15.9. The average Bonchev–Trinajstić information content (AvgIpc) is 2.68. The molecular formula is C19H20F3N3O5. The van der Waals surface area contributed by atoms with E-state index in [9.17, 15) is 27.9 Å². The third kappa shape index (κ3) is 4.64. The molecule has 1 amide bonds. The maximum Gasteiger partial charge on any atom is 0.431 e. The quantitative estimate of drug-likeness (QED) is 0.660. The summed E-state index contributed by atoms with van der Waals surface area (Å²) in [5, 5.41) is 9.78. The second-order valence-corrected chi connectivity index (χ2v) is 6.84. The highest BCUT2D eigenvalue weighted by Crippen LogP contribution is 2.35. The molecule has 2 atom stereocenters. The van der Waals surface area contributed by atoms with Gasteiger partial charge in [-0.1, -0.05) is 12.1 Å². The largest absolute Gasteiger partial charge is 0.492 e. The highest BCUT2D eigenvalue weighted by atomic mass is 19.4. The normalized spacial score (nSPS) is 20.2. The van der Waals surface area contributed by atoms with E-state index in [0.29, 0.717) is 12.4 Å². The van der Waals surface area contributed by atoms with E-state index in [-0.39, 0.29) is 30.4 Å². The molecule has 2 heterocycles. The van der Waals surface area contributed by atoms with Crippen molar-refractivity contribution >= 4 is 5.91 Å². The molecule has 1 aromatic carbocycles. The van der Waals surface area contributed by atoms with Gasteiger partial charge < -0.3 is 25.3 Å². The van der Waals surface area contributed by atoms with Crippen LogP contribution in [0.15, 0.2) is 35.1 Å². The van der Waals surface area contributed by atoms with E-state index in [1.807, 2.05) is 0 Å². The minimum absolute atomic E-state index is 0.113. The summed E-state index contributed by atoms with van der Waals surface area (Å²) in [5.74, 6) is -0.743. The van der Waals surface area contributed by atoms with Gasteiger partial charge in [0, 0.05) is 5.56 Å². The molecule has 1 aliphatic rings. The van der Waals surface area contributed by atoms with Crippen LogP contribution in [0.3, 0.4) is 0 Å². The first kappa shape index (κ1) is 21.8. The van der Waals surface area contributed by atoms with Crippen LogP contribution in [0, 0.1) is 0 Å². The number of aliphatic hydroxyl groups excluding tert-OH is 1. The van der Waals surface area contributed by atoms with Crippen molar-refractivity contribution < 1.29 is 32.5 Å². The SMILES string of the molecule is CN1[C@@H](COc2ccc(-c3cc(C(N)=O)c(=O)[nH]c3C(F)(F)F)cc2)COC[C@@H]1O. The molecular weight excluding hydrogens is 407 g/mol. The first-order valence-corrected chi connectivity index (χ1v) is 8.93. The molecule has 4 N–H and O–H groups in total. The van der Waals surface area contributed by atoms with Crippen LogP contribution in [0.4, 0.5) is 13.2 Å². The van der Waals surface area contributed by atoms with Crippen molar-refractivity contribution in [1.29, 1.82) is 0 Å². The first-order valence-electron chi connectivity index (χ1n) is 8.93. The second kappa shape index (κ2) is 8.46. The number of amides is 1. The predicted octanol–water partition coefficient (Wildman–Crippen LogP) is 1.19. The number of likely N-dealkylation sites (N-methyl/N-ethyl adjacent to an activating group) is 1. The molecule has 0 unspecified atom stereocenters. The lowest BCUT2D eigenvalue weighted by molar-refractivity contribution is -0.140. The van der Waals surface area contributed by atoms with Gasteiger partial charge in [0.25, 0.3) is 11.5 Å². The van der Waals surface area contributed by atoms with Crippen molar-refractivity contribution in [2.24, 2.45) is 5.73 Å². The zero-order chi connectivity index (χ0) is 22.1. The summed E-state index contributed by atoms with van der Waals surface area (Å²) < 4.78 is 51.0. The summed E-state index contributed by atoms with van der Waals surface area (Å²) in [7, 11) is 1.73. The van der Waals surface area contributed by atoms with E-state index < -0.39 is 35.1 Å². The number of nitrogens with two attached hydrogens (primary N) is 1. The Balaban J connectivity index is 1.84.